The van der Waals surface area contributed by atoms with Gasteiger partial charge in [-0.05, 0) is 44.4 Å². The Bertz CT molecular complexity index is 507. The van der Waals surface area contributed by atoms with Crippen molar-refractivity contribution in [1.29, 1.82) is 0 Å². The Morgan fingerprint density at radius 1 is 1.32 bits per heavy atom. The lowest BCUT2D eigenvalue weighted by molar-refractivity contribution is -0.117. The molecule has 102 valence electrons. The minimum atomic E-state index is -0.566. The topological polar surface area (TPSA) is 84.2 Å². The monoisotopic (exact) mass is 261 g/mol. The summed E-state index contributed by atoms with van der Waals surface area (Å²) in [6.07, 6.45) is 1.93. The molecule has 1 aliphatic carbocycles. The van der Waals surface area contributed by atoms with E-state index in [1.165, 1.54) is 0 Å². The molecule has 0 aromatic heterocycles. The molecule has 0 spiro atoms. The van der Waals surface area contributed by atoms with E-state index < -0.39 is 6.04 Å². The van der Waals surface area contributed by atoms with E-state index in [-0.39, 0.29) is 17.7 Å². The van der Waals surface area contributed by atoms with E-state index in [4.69, 9.17) is 5.73 Å². The molecular formula is C14H19N3O2. The predicted octanol–water partition coefficient (Wildman–Crippen LogP) is 1.63. The average molecular weight is 261 g/mol. The summed E-state index contributed by atoms with van der Waals surface area (Å²) in [5.74, 6) is -0.0366. The van der Waals surface area contributed by atoms with Crippen LogP contribution >= 0.6 is 0 Å². The molecule has 19 heavy (non-hydrogen) atoms. The maximum Gasteiger partial charge on any atom is 0.241 e. The van der Waals surface area contributed by atoms with E-state index in [0.717, 1.165) is 18.4 Å². The second-order valence-electron chi connectivity index (χ2n) is 5.07. The molecule has 0 heterocycles. The van der Waals surface area contributed by atoms with E-state index in [9.17, 15) is 9.59 Å². The van der Waals surface area contributed by atoms with Gasteiger partial charge in [0, 0.05) is 17.3 Å². The van der Waals surface area contributed by atoms with E-state index in [1.54, 1.807) is 13.0 Å². The molecule has 1 atom stereocenters. The van der Waals surface area contributed by atoms with Crippen LogP contribution < -0.4 is 16.4 Å². The highest BCUT2D eigenvalue weighted by atomic mass is 16.2. The first-order valence-electron chi connectivity index (χ1n) is 6.45. The summed E-state index contributed by atoms with van der Waals surface area (Å²) in [5, 5.41) is 5.61. The number of aryl methyl sites for hydroxylation is 1. The number of hydrogen-bond acceptors (Lipinski definition) is 3. The first-order chi connectivity index (χ1) is 8.97. The normalized spacial score (nSPS) is 15.7. The number of nitrogens with two attached hydrogens (primary N) is 1. The number of hydrogen-bond donors (Lipinski definition) is 3. The summed E-state index contributed by atoms with van der Waals surface area (Å²) < 4.78 is 0. The molecule has 1 unspecified atom stereocenters. The van der Waals surface area contributed by atoms with Gasteiger partial charge in [0.15, 0.2) is 0 Å². The molecule has 2 amide bonds. The van der Waals surface area contributed by atoms with Gasteiger partial charge in [-0.1, -0.05) is 6.07 Å². The molecule has 1 fully saturated rings. The van der Waals surface area contributed by atoms with Crippen molar-refractivity contribution in [2.45, 2.75) is 32.7 Å². The standard InChI is InChI=1S/C14H19N3O2/c1-8-3-6-11(16-14(19)10-4-5-10)7-12(8)17-13(18)9(2)15/h3,6-7,9-10H,4-5,15H2,1-2H3,(H,16,19)(H,17,18). The molecule has 0 radical (unpaired) electrons. The van der Waals surface area contributed by atoms with Crippen molar-refractivity contribution in [2.75, 3.05) is 10.6 Å². The van der Waals surface area contributed by atoms with Crippen LogP contribution in [0.3, 0.4) is 0 Å². The van der Waals surface area contributed by atoms with Gasteiger partial charge in [0.25, 0.3) is 0 Å². The Morgan fingerprint density at radius 3 is 2.58 bits per heavy atom. The lowest BCUT2D eigenvalue weighted by atomic mass is 10.1. The van der Waals surface area contributed by atoms with Crippen LogP contribution in [0.4, 0.5) is 11.4 Å². The summed E-state index contributed by atoms with van der Waals surface area (Å²) in [5.41, 5.74) is 7.82. The van der Waals surface area contributed by atoms with E-state index in [0.29, 0.717) is 11.4 Å². The molecule has 1 saturated carbocycles. The van der Waals surface area contributed by atoms with Crippen molar-refractivity contribution in [3.63, 3.8) is 0 Å². The largest absolute Gasteiger partial charge is 0.326 e. The van der Waals surface area contributed by atoms with Gasteiger partial charge in [0.05, 0.1) is 6.04 Å². The molecule has 2 rings (SSSR count). The van der Waals surface area contributed by atoms with Gasteiger partial charge in [-0.15, -0.1) is 0 Å². The predicted molar refractivity (Wildman–Crippen MR) is 74.8 cm³/mol. The van der Waals surface area contributed by atoms with Crippen molar-refractivity contribution in [3.8, 4) is 0 Å². The summed E-state index contributed by atoms with van der Waals surface area (Å²) in [6, 6.07) is 4.89. The molecule has 0 saturated heterocycles. The number of anilines is 2. The Morgan fingerprint density at radius 2 is 2.00 bits per heavy atom. The summed E-state index contributed by atoms with van der Waals surface area (Å²) in [4.78, 5) is 23.3. The third-order valence-electron chi connectivity index (χ3n) is 3.12. The van der Waals surface area contributed by atoms with Crippen LogP contribution in [0, 0.1) is 12.8 Å². The second kappa shape index (κ2) is 5.40. The highest BCUT2D eigenvalue weighted by Gasteiger charge is 2.29. The van der Waals surface area contributed by atoms with Crippen molar-refractivity contribution in [2.24, 2.45) is 11.7 Å². The van der Waals surface area contributed by atoms with E-state index >= 15 is 0 Å². The quantitative estimate of drug-likeness (QED) is 0.770. The molecule has 0 bridgehead atoms. The summed E-state index contributed by atoms with van der Waals surface area (Å²) in [6.45, 7) is 3.52. The maximum absolute atomic E-state index is 11.7. The van der Waals surface area contributed by atoms with Crippen molar-refractivity contribution < 1.29 is 9.59 Å². The minimum Gasteiger partial charge on any atom is -0.326 e. The van der Waals surface area contributed by atoms with Crippen LogP contribution in [0.25, 0.3) is 0 Å². The third kappa shape index (κ3) is 3.54. The fourth-order valence-corrected chi connectivity index (χ4v) is 1.67. The fraction of sp³-hybridized carbons (Fsp3) is 0.429. The molecule has 0 aliphatic heterocycles. The zero-order chi connectivity index (χ0) is 14.0. The Kier molecular flexibility index (Phi) is 3.85. The Hall–Kier alpha value is -1.88. The van der Waals surface area contributed by atoms with Crippen LogP contribution in [0.2, 0.25) is 0 Å². The van der Waals surface area contributed by atoms with Gasteiger partial charge in [0.1, 0.15) is 0 Å². The molecule has 4 N–H and O–H groups in total. The zero-order valence-electron chi connectivity index (χ0n) is 11.2. The van der Waals surface area contributed by atoms with E-state index in [2.05, 4.69) is 10.6 Å². The van der Waals surface area contributed by atoms with Gasteiger partial charge in [0.2, 0.25) is 11.8 Å². The number of amides is 2. The van der Waals surface area contributed by atoms with Crippen LogP contribution in [0.15, 0.2) is 18.2 Å². The SMILES string of the molecule is Cc1ccc(NC(=O)C2CC2)cc1NC(=O)C(C)N. The van der Waals surface area contributed by atoms with Crippen LogP contribution in [-0.2, 0) is 9.59 Å². The molecule has 5 nitrogen and oxygen atoms in total. The minimum absolute atomic E-state index is 0.0494. The van der Waals surface area contributed by atoms with Crippen molar-refractivity contribution in [1.82, 2.24) is 0 Å². The highest BCUT2D eigenvalue weighted by molar-refractivity contribution is 5.97. The van der Waals surface area contributed by atoms with E-state index in [1.807, 2.05) is 19.1 Å². The first kappa shape index (κ1) is 13.5. The summed E-state index contributed by atoms with van der Waals surface area (Å²) >= 11 is 0. The third-order valence-corrected chi connectivity index (χ3v) is 3.12. The average Bonchev–Trinajstić information content (AvgIpc) is 3.17. The molecule has 5 heteroatoms. The van der Waals surface area contributed by atoms with Crippen LogP contribution in [-0.4, -0.2) is 17.9 Å². The van der Waals surface area contributed by atoms with Gasteiger partial charge in [-0.25, -0.2) is 0 Å². The lowest BCUT2D eigenvalue weighted by Crippen LogP contribution is -2.32. The molecular weight excluding hydrogens is 242 g/mol. The number of nitrogens with one attached hydrogen (secondary N) is 2. The highest BCUT2D eigenvalue weighted by Crippen LogP contribution is 2.30. The molecule has 1 aromatic carbocycles. The first-order valence-corrected chi connectivity index (χ1v) is 6.45. The fourth-order valence-electron chi connectivity index (χ4n) is 1.67. The van der Waals surface area contributed by atoms with Crippen LogP contribution in [0.5, 0.6) is 0 Å². The van der Waals surface area contributed by atoms with Crippen LogP contribution in [0.1, 0.15) is 25.3 Å². The summed E-state index contributed by atoms with van der Waals surface area (Å²) in [7, 11) is 0. The molecule has 1 aromatic rings. The number of carbonyl (C=O) groups is 2. The Balaban J connectivity index is 2.09. The number of rotatable bonds is 4. The van der Waals surface area contributed by atoms with Crippen molar-refractivity contribution in [3.05, 3.63) is 23.8 Å². The Labute approximate surface area is 112 Å². The zero-order valence-corrected chi connectivity index (χ0v) is 11.2. The van der Waals surface area contributed by atoms with Crippen molar-refractivity contribution >= 4 is 23.2 Å². The number of benzene rings is 1. The number of carbonyl (C=O) groups excluding carboxylic acids is 2. The molecule has 1 aliphatic rings. The smallest absolute Gasteiger partial charge is 0.241 e. The van der Waals surface area contributed by atoms with Gasteiger partial charge >= 0.3 is 0 Å². The lowest BCUT2D eigenvalue weighted by Gasteiger charge is -2.12. The maximum atomic E-state index is 11.7. The van der Waals surface area contributed by atoms with Gasteiger partial charge in [-0.3, -0.25) is 9.59 Å². The van der Waals surface area contributed by atoms with Gasteiger partial charge in [-0.2, -0.15) is 0 Å². The second-order valence-corrected chi connectivity index (χ2v) is 5.07. The van der Waals surface area contributed by atoms with Gasteiger partial charge < -0.3 is 16.4 Å².